The highest BCUT2D eigenvalue weighted by Gasteiger charge is 2.32. The maximum Gasteiger partial charge on any atom is 0.528 e. The van der Waals surface area contributed by atoms with Crippen LogP contribution in [0.15, 0.2) is 72.9 Å². The molecule has 1 saturated heterocycles. The fourth-order valence-electron chi connectivity index (χ4n) is 4.86. The molecule has 4 aromatic rings. The third kappa shape index (κ3) is 6.15. The second-order valence-corrected chi connectivity index (χ2v) is 9.49. The molecule has 1 aliphatic heterocycles. The predicted octanol–water partition coefficient (Wildman–Crippen LogP) is 6.75. The van der Waals surface area contributed by atoms with Gasteiger partial charge in [0.15, 0.2) is 0 Å². The topological polar surface area (TPSA) is 69.5 Å². The lowest BCUT2D eigenvalue weighted by atomic mass is 9.97. The molecule has 0 aliphatic carbocycles. The number of ether oxygens (including phenoxy) is 1. The molecule has 0 N–H and O–H groups in total. The summed E-state index contributed by atoms with van der Waals surface area (Å²) in [5, 5.41) is 1.53. The molecule has 1 aliphatic rings. The van der Waals surface area contributed by atoms with E-state index in [1.807, 2.05) is 30.3 Å². The first-order chi connectivity index (χ1) is 19.2. The van der Waals surface area contributed by atoms with Gasteiger partial charge < -0.3 is 14.1 Å². The van der Waals surface area contributed by atoms with Crippen molar-refractivity contribution in [2.75, 3.05) is 13.1 Å². The Morgan fingerprint density at radius 1 is 1.00 bits per heavy atom. The highest BCUT2D eigenvalue weighted by atomic mass is 19.4. The van der Waals surface area contributed by atoms with E-state index in [4.69, 9.17) is 14.6 Å². The van der Waals surface area contributed by atoms with Crippen LogP contribution in [0.4, 0.5) is 22.4 Å². The molecule has 3 heterocycles. The van der Waals surface area contributed by atoms with E-state index in [-0.39, 0.29) is 18.1 Å². The van der Waals surface area contributed by atoms with Crippen molar-refractivity contribution in [3.8, 4) is 22.5 Å². The van der Waals surface area contributed by atoms with Gasteiger partial charge in [-0.1, -0.05) is 42.5 Å². The average molecular weight is 555 g/mol. The summed E-state index contributed by atoms with van der Waals surface area (Å²) in [7, 11) is 1.76. The van der Waals surface area contributed by atoms with E-state index in [2.05, 4.69) is 4.98 Å². The molecule has 0 bridgehead atoms. The second kappa shape index (κ2) is 11.5. The molecule has 5 rings (SSSR count). The molecule has 2 aromatic carbocycles. The van der Waals surface area contributed by atoms with Gasteiger partial charge in [0.05, 0.1) is 17.0 Å². The summed E-state index contributed by atoms with van der Waals surface area (Å²) in [5.74, 6) is -0.138. The zero-order valence-electron chi connectivity index (χ0n) is 21.6. The van der Waals surface area contributed by atoms with Crippen LogP contribution in [0.25, 0.3) is 22.5 Å². The van der Waals surface area contributed by atoms with Crippen molar-refractivity contribution < 1.29 is 31.9 Å². The Hall–Kier alpha value is -4.25. The van der Waals surface area contributed by atoms with Gasteiger partial charge >= 0.3 is 12.3 Å². The Balaban J connectivity index is 1.35. The van der Waals surface area contributed by atoms with Gasteiger partial charge in [0.25, 0.3) is 0 Å². The first-order valence-electron chi connectivity index (χ1n) is 12.7. The fourth-order valence-corrected chi connectivity index (χ4v) is 4.86. The van der Waals surface area contributed by atoms with Gasteiger partial charge in [-0.15, -0.1) is 5.06 Å². The Bertz CT molecular complexity index is 1480. The highest BCUT2D eigenvalue weighted by molar-refractivity contribution is 5.79. The lowest BCUT2D eigenvalue weighted by Gasteiger charge is -2.29. The summed E-state index contributed by atoms with van der Waals surface area (Å²) in [4.78, 5) is 25.9. The Morgan fingerprint density at radius 2 is 1.75 bits per heavy atom. The summed E-state index contributed by atoms with van der Waals surface area (Å²) in [5.41, 5.74) is 1.56. The molecule has 1 fully saturated rings. The molecule has 0 radical (unpaired) electrons. The van der Waals surface area contributed by atoms with Crippen LogP contribution in [0.2, 0.25) is 0 Å². The number of nitrogens with zero attached hydrogens (tertiary/aromatic N) is 4. The van der Waals surface area contributed by atoms with Crippen LogP contribution in [-0.2, 0) is 29.4 Å². The summed E-state index contributed by atoms with van der Waals surface area (Å²) < 4.78 is 61.4. The molecule has 0 saturated carbocycles. The number of alkyl halides is 3. The van der Waals surface area contributed by atoms with Crippen molar-refractivity contribution >= 4 is 6.16 Å². The molecule has 40 heavy (non-hydrogen) atoms. The number of rotatable bonds is 6. The van der Waals surface area contributed by atoms with Crippen LogP contribution in [0, 0.1) is 5.95 Å². The number of halogens is 4. The minimum absolute atomic E-state index is 0.0739. The van der Waals surface area contributed by atoms with Gasteiger partial charge in [-0.3, -0.25) is 0 Å². The molecule has 11 heteroatoms. The minimum atomic E-state index is -4.52. The summed E-state index contributed by atoms with van der Waals surface area (Å²) in [6.07, 6.45) is -2.87. The molecular weight excluding hydrogens is 528 g/mol. The van der Waals surface area contributed by atoms with Gasteiger partial charge in [-0.25, -0.2) is 14.8 Å². The van der Waals surface area contributed by atoms with Crippen LogP contribution in [-0.4, -0.2) is 38.8 Å². The van der Waals surface area contributed by atoms with Crippen molar-refractivity contribution in [2.24, 2.45) is 7.05 Å². The smallest absolute Gasteiger partial charge is 0.428 e. The number of benzene rings is 2. The summed E-state index contributed by atoms with van der Waals surface area (Å²) in [6.45, 7) is 0.923. The molecule has 208 valence electrons. The Kier molecular flexibility index (Phi) is 7.83. The molecule has 7 nitrogen and oxygen atoms in total. The van der Waals surface area contributed by atoms with E-state index in [9.17, 15) is 22.4 Å². The molecule has 2 aromatic heterocycles. The third-order valence-corrected chi connectivity index (χ3v) is 6.82. The standard InChI is InChI=1S/C29H26F4N4O3/c1-36-26(22-10-13-34-24(30)17-22)25(21-8-5-9-23(16-21)29(31,32)33)35-27(36)20-11-14-37(15-12-20)40-28(38)39-18-19-6-3-2-4-7-19/h2-10,13,16-17,20H,11-12,14-15,18H2,1H3. The zero-order chi connectivity index (χ0) is 28.3. The quantitative estimate of drug-likeness (QED) is 0.149. The number of hydrogen-bond acceptors (Lipinski definition) is 6. The van der Waals surface area contributed by atoms with Crippen molar-refractivity contribution in [1.82, 2.24) is 19.6 Å². The number of pyridine rings is 1. The van der Waals surface area contributed by atoms with Gasteiger partial charge in [0.2, 0.25) is 5.95 Å². The van der Waals surface area contributed by atoms with Crippen LogP contribution in [0.3, 0.4) is 0 Å². The maximum absolute atomic E-state index is 14.1. The van der Waals surface area contributed by atoms with Gasteiger partial charge in [-0.05, 0) is 36.6 Å². The van der Waals surface area contributed by atoms with E-state index in [1.165, 1.54) is 23.4 Å². The number of carbonyl (C=O) groups excluding carboxylic acids is 1. The number of hydroxylamine groups is 2. The lowest BCUT2D eigenvalue weighted by Crippen LogP contribution is -2.35. The van der Waals surface area contributed by atoms with Crippen LogP contribution in [0.5, 0.6) is 0 Å². The number of carbonyl (C=O) groups is 1. The molecule has 0 atom stereocenters. The maximum atomic E-state index is 14.1. The van der Waals surface area contributed by atoms with Gasteiger partial charge in [0, 0.05) is 49.4 Å². The monoisotopic (exact) mass is 554 g/mol. The van der Waals surface area contributed by atoms with E-state index < -0.39 is 23.8 Å². The van der Waals surface area contributed by atoms with E-state index in [0.717, 1.165) is 17.7 Å². The number of aromatic nitrogens is 3. The lowest BCUT2D eigenvalue weighted by molar-refractivity contribution is -0.141. The van der Waals surface area contributed by atoms with Crippen molar-refractivity contribution in [3.63, 3.8) is 0 Å². The Morgan fingerprint density at radius 3 is 2.45 bits per heavy atom. The van der Waals surface area contributed by atoms with E-state index in [0.29, 0.717) is 48.7 Å². The largest absolute Gasteiger partial charge is 0.528 e. The first kappa shape index (κ1) is 27.3. The van der Waals surface area contributed by atoms with Crippen LogP contribution in [0.1, 0.15) is 35.7 Å². The fraction of sp³-hybridized carbons (Fsp3) is 0.276. The van der Waals surface area contributed by atoms with Crippen LogP contribution >= 0.6 is 0 Å². The second-order valence-electron chi connectivity index (χ2n) is 9.49. The van der Waals surface area contributed by atoms with Gasteiger partial charge in [0.1, 0.15) is 12.4 Å². The molecule has 0 spiro atoms. The van der Waals surface area contributed by atoms with Gasteiger partial charge in [-0.2, -0.15) is 17.6 Å². The summed E-state index contributed by atoms with van der Waals surface area (Å²) >= 11 is 0. The average Bonchev–Trinajstić information content (AvgIpc) is 3.29. The number of piperidine rings is 1. The highest BCUT2D eigenvalue weighted by Crippen LogP contribution is 2.39. The zero-order valence-corrected chi connectivity index (χ0v) is 21.6. The van der Waals surface area contributed by atoms with E-state index in [1.54, 1.807) is 23.7 Å². The minimum Gasteiger partial charge on any atom is -0.428 e. The third-order valence-electron chi connectivity index (χ3n) is 6.82. The predicted molar refractivity (Wildman–Crippen MR) is 138 cm³/mol. The number of hydrogen-bond donors (Lipinski definition) is 0. The molecule has 0 unspecified atom stereocenters. The Labute approximate surface area is 228 Å². The number of imidazole rings is 1. The van der Waals surface area contributed by atoms with Crippen molar-refractivity contribution in [3.05, 3.63) is 95.8 Å². The van der Waals surface area contributed by atoms with Crippen molar-refractivity contribution in [1.29, 1.82) is 0 Å². The van der Waals surface area contributed by atoms with Crippen LogP contribution < -0.4 is 0 Å². The van der Waals surface area contributed by atoms with Crippen molar-refractivity contribution in [2.45, 2.75) is 31.5 Å². The SMILES string of the molecule is Cn1c(C2CCN(OC(=O)OCc3ccccc3)CC2)nc(-c2cccc(C(F)(F)F)c2)c1-c1ccnc(F)c1. The summed E-state index contributed by atoms with van der Waals surface area (Å²) in [6, 6.07) is 17.0. The van der Waals surface area contributed by atoms with E-state index >= 15 is 0 Å². The normalized spacial score (nSPS) is 14.7. The molecular formula is C29H26F4N4O3. The molecule has 0 amide bonds. The first-order valence-corrected chi connectivity index (χ1v) is 12.7.